The van der Waals surface area contributed by atoms with Crippen molar-refractivity contribution >= 4 is 17.5 Å². The van der Waals surface area contributed by atoms with Gasteiger partial charge in [0.2, 0.25) is 5.91 Å². The van der Waals surface area contributed by atoms with E-state index in [0.29, 0.717) is 23.5 Å². The molecule has 31 heavy (non-hydrogen) atoms. The summed E-state index contributed by atoms with van der Waals surface area (Å²) in [6.45, 7) is 6.33. The maximum Gasteiger partial charge on any atom is 0.251 e. The highest BCUT2D eigenvalue weighted by Gasteiger charge is 2.33. The van der Waals surface area contributed by atoms with Crippen molar-refractivity contribution in [2.24, 2.45) is 0 Å². The molecular formula is C24H26N4O3. The fraction of sp³-hybridized carbons (Fsp3) is 0.292. The van der Waals surface area contributed by atoms with Crippen molar-refractivity contribution in [3.8, 4) is 11.4 Å². The van der Waals surface area contributed by atoms with Crippen molar-refractivity contribution in [2.45, 2.75) is 33.2 Å². The molecule has 0 radical (unpaired) electrons. The molecule has 2 aromatic carbocycles. The molecule has 1 aliphatic rings. The van der Waals surface area contributed by atoms with Crippen molar-refractivity contribution in [3.63, 3.8) is 0 Å². The Morgan fingerprint density at radius 2 is 1.87 bits per heavy atom. The zero-order valence-electron chi connectivity index (χ0n) is 18.2. The van der Waals surface area contributed by atoms with Crippen LogP contribution in [0, 0.1) is 20.8 Å². The van der Waals surface area contributed by atoms with Crippen LogP contribution in [0.1, 0.15) is 33.7 Å². The molecule has 1 N–H and O–H groups in total. The van der Waals surface area contributed by atoms with E-state index in [-0.39, 0.29) is 24.3 Å². The van der Waals surface area contributed by atoms with Gasteiger partial charge in [-0.05, 0) is 56.7 Å². The molecule has 2 amide bonds. The molecule has 3 aromatic rings. The zero-order valence-corrected chi connectivity index (χ0v) is 18.2. The Morgan fingerprint density at radius 3 is 2.58 bits per heavy atom. The first-order valence-corrected chi connectivity index (χ1v) is 10.3. The molecule has 1 fully saturated rings. The number of aromatic nitrogens is 2. The number of benzene rings is 2. The van der Waals surface area contributed by atoms with Gasteiger partial charge < -0.3 is 15.0 Å². The van der Waals surface area contributed by atoms with Crippen LogP contribution in [0.15, 0.2) is 48.5 Å². The highest BCUT2D eigenvalue weighted by molar-refractivity contribution is 6.00. The van der Waals surface area contributed by atoms with E-state index in [2.05, 4.69) is 10.4 Å². The van der Waals surface area contributed by atoms with Crippen molar-refractivity contribution in [1.29, 1.82) is 0 Å². The van der Waals surface area contributed by atoms with Gasteiger partial charge in [-0.15, -0.1) is 0 Å². The van der Waals surface area contributed by atoms with Gasteiger partial charge in [-0.3, -0.25) is 9.59 Å². The number of ether oxygens (including phenoxy) is 1. The van der Waals surface area contributed by atoms with E-state index in [1.807, 2.05) is 67.9 Å². The molecule has 0 spiro atoms. The highest BCUT2D eigenvalue weighted by Crippen LogP contribution is 2.31. The summed E-state index contributed by atoms with van der Waals surface area (Å²) < 4.78 is 7.23. The summed E-state index contributed by atoms with van der Waals surface area (Å²) in [5.41, 5.74) is 5.09. The molecule has 4 rings (SSSR count). The van der Waals surface area contributed by atoms with Crippen LogP contribution in [0.2, 0.25) is 0 Å². The van der Waals surface area contributed by atoms with Gasteiger partial charge in [0.15, 0.2) is 0 Å². The molecule has 1 saturated heterocycles. The van der Waals surface area contributed by atoms with E-state index < -0.39 is 0 Å². The number of hydrogen-bond acceptors (Lipinski definition) is 4. The fourth-order valence-electron chi connectivity index (χ4n) is 4.01. The van der Waals surface area contributed by atoms with Crippen LogP contribution in [0.3, 0.4) is 0 Å². The molecule has 7 nitrogen and oxygen atoms in total. The van der Waals surface area contributed by atoms with Gasteiger partial charge in [0, 0.05) is 24.2 Å². The van der Waals surface area contributed by atoms with E-state index in [1.165, 1.54) is 0 Å². The van der Waals surface area contributed by atoms with E-state index >= 15 is 0 Å². The second-order valence-corrected chi connectivity index (χ2v) is 7.89. The number of hydrogen-bond donors (Lipinski definition) is 1. The van der Waals surface area contributed by atoms with E-state index in [1.54, 1.807) is 18.1 Å². The summed E-state index contributed by atoms with van der Waals surface area (Å²) in [5.74, 6) is 0.389. The summed E-state index contributed by atoms with van der Waals surface area (Å²) in [4.78, 5) is 27.2. The SMILES string of the molecule is COc1ccccc1N1CC(NC(=O)c2ccc(C)c(-n3nc(C)cc3C)c2)CC1=O. The predicted molar refractivity (Wildman–Crippen MR) is 119 cm³/mol. The first-order valence-electron chi connectivity index (χ1n) is 10.3. The van der Waals surface area contributed by atoms with Gasteiger partial charge in [-0.2, -0.15) is 5.10 Å². The topological polar surface area (TPSA) is 76.5 Å². The smallest absolute Gasteiger partial charge is 0.251 e. The minimum absolute atomic E-state index is 0.0398. The number of methoxy groups -OCH3 is 1. The lowest BCUT2D eigenvalue weighted by Crippen LogP contribution is -2.37. The first-order chi connectivity index (χ1) is 14.9. The standard InChI is InChI=1S/C24H26N4O3/c1-15-9-10-18(12-21(15)28-17(3)11-16(2)26-28)24(30)25-19-13-23(29)27(14-19)20-7-5-6-8-22(20)31-4/h5-12,19H,13-14H2,1-4H3,(H,25,30). The Kier molecular flexibility index (Phi) is 5.50. The van der Waals surface area contributed by atoms with Crippen molar-refractivity contribution in [3.05, 3.63) is 71.0 Å². The number of amides is 2. The van der Waals surface area contributed by atoms with Crippen molar-refractivity contribution in [2.75, 3.05) is 18.6 Å². The minimum atomic E-state index is -0.275. The van der Waals surface area contributed by atoms with Gasteiger partial charge in [0.05, 0.1) is 30.2 Å². The van der Waals surface area contributed by atoms with Gasteiger partial charge in [-0.1, -0.05) is 18.2 Å². The maximum atomic E-state index is 13.0. The van der Waals surface area contributed by atoms with E-state index in [4.69, 9.17) is 4.74 Å². The molecular weight excluding hydrogens is 392 g/mol. The van der Waals surface area contributed by atoms with Gasteiger partial charge in [-0.25, -0.2) is 4.68 Å². The second kappa shape index (κ2) is 8.26. The van der Waals surface area contributed by atoms with Crippen LogP contribution >= 0.6 is 0 Å². The molecule has 7 heteroatoms. The third-order valence-electron chi connectivity index (χ3n) is 5.55. The summed E-state index contributed by atoms with van der Waals surface area (Å²) in [6, 6.07) is 14.7. The molecule has 1 aromatic heterocycles. The molecule has 1 aliphatic heterocycles. The van der Waals surface area contributed by atoms with Crippen LogP contribution in [0.4, 0.5) is 5.69 Å². The summed E-state index contributed by atoms with van der Waals surface area (Å²) in [5, 5.41) is 7.55. The third kappa shape index (κ3) is 4.03. The zero-order chi connectivity index (χ0) is 22.1. The van der Waals surface area contributed by atoms with Crippen molar-refractivity contribution in [1.82, 2.24) is 15.1 Å². The number of carbonyl (C=O) groups is 2. The Labute approximate surface area is 181 Å². The fourth-order valence-corrected chi connectivity index (χ4v) is 4.01. The van der Waals surface area contributed by atoms with Crippen LogP contribution < -0.4 is 15.0 Å². The maximum absolute atomic E-state index is 13.0. The Morgan fingerprint density at radius 1 is 1.10 bits per heavy atom. The molecule has 1 unspecified atom stereocenters. The van der Waals surface area contributed by atoms with Gasteiger partial charge in [0.1, 0.15) is 5.75 Å². The Bertz CT molecular complexity index is 1150. The average Bonchev–Trinajstić information content (AvgIpc) is 3.28. The second-order valence-electron chi connectivity index (χ2n) is 7.89. The molecule has 0 aliphatic carbocycles. The predicted octanol–water partition coefficient (Wildman–Crippen LogP) is 3.34. The van der Waals surface area contributed by atoms with Crippen molar-refractivity contribution < 1.29 is 14.3 Å². The minimum Gasteiger partial charge on any atom is -0.495 e. The number of carbonyl (C=O) groups excluding carboxylic acids is 2. The molecule has 160 valence electrons. The molecule has 1 atom stereocenters. The van der Waals surface area contributed by atoms with Gasteiger partial charge in [0.25, 0.3) is 5.91 Å². The third-order valence-corrected chi connectivity index (χ3v) is 5.55. The number of aryl methyl sites for hydroxylation is 3. The van der Waals surface area contributed by atoms with Crippen LogP contribution in [0.5, 0.6) is 5.75 Å². The monoisotopic (exact) mass is 418 g/mol. The summed E-state index contributed by atoms with van der Waals surface area (Å²) in [6.07, 6.45) is 0.250. The molecule has 2 heterocycles. The molecule has 0 saturated carbocycles. The lowest BCUT2D eigenvalue weighted by atomic mass is 10.1. The molecule has 0 bridgehead atoms. The number of para-hydroxylation sites is 2. The van der Waals surface area contributed by atoms with E-state index in [9.17, 15) is 9.59 Å². The normalized spacial score (nSPS) is 15.9. The lowest BCUT2D eigenvalue weighted by molar-refractivity contribution is -0.117. The average molecular weight is 418 g/mol. The number of nitrogens with one attached hydrogen (secondary N) is 1. The Balaban J connectivity index is 1.52. The van der Waals surface area contributed by atoms with Crippen LogP contribution in [-0.4, -0.2) is 41.3 Å². The lowest BCUT2D eigenvalue weighted by Gasteiger charge is -2.20. The van der Waals surface area contributed by atoms with Crippen LogP contribution in [-0.2, 0) is 4.79 Å². The largest absolute Gasteiger partial charge is 0.495 e. The number of nitrogens with zero attached hydrogens (tertiary/aromatic N) is 3. The van der Waals surface area contributed by atoms with Crippen LogP contribution in [0.25, 0.3) is 5.69 Å². The summed E-state index contributed by atoms with van der Waals surface area (Å²) >= 11 is 0. The first kappa shape index (κ1) is 20.7. The summed E-state index contributed by atoms with van der Waals surface area (Å²) in [7, 11) is 1.58. The number of anilines is 1. The number of rotatable bonds is 5. The quantitative estimate of drug-likeness (QED) is 0.690. The highest BCUT2D eigenvalue weighted by atomic mass is 16.5. The van der Waals surface area contributed by atoms with Gasteiger partial charge >= 0.3 is 0 Å². The van der Waals surface area contributed by atoms with E-state index in [0.717, 1.165) is 22.6 Å². The Hall–Kier alpha value is -3.61.